The molecule has 0 bridgehead atoms. The second-order valence-electron chi connectivity index (χ2n) is 4.46. The van der Waals surface area contributed by atoms with Gasteiger partial charge in [0.1, 0.15) is 0 Å². The van der Waals surface area contributed by atoms with Crippen molar-refractivity contribution < 1.29 is 8.42 Å². The Bertz CT molecular complexity index is 272. The minimum absolute atomic E-state index is 0.179. The zero-order valence-corrected chi connectivity index (χ0v) is 9.89. The van der Waals surface area contributed by atoms with Gasteiger partial charge in [-0.15, -0.1) is 0 Å². The molecule has 0 aromatic heterocycles. The van der Waals surface area contributed by atoms with Crippen molar-refractivity contribution in [2.45, 2.75) is 50.0 Å². The number of rotatable bonds is 3. The first-order valence-corrected chi connectivity index (χ1v) is 7.04. The minimum atomic E-state index is -2.94. The quantitative estimate of drug-likeness (QED) is 0.779. The van der Waals surface area contributed by atoms with E-state index in [1.54, 1.807) is 13.8 Å². The van der Waals surface area contributed by atoms with Gasteiger partial charge in [0.25, 0.3) is 0 Å². The summed E-state index contributed by atoms with van der Waals surface area (Å²) in [7, 11) is -2.94. The fraction of sp³-hybridized carbons (Fsp3) is 1.00. The summed E-state index contributed by atoms with van der Waals surface area (Å²) in [6, 6.07) is 0. The molecule has 1 rings (SSSR count). The van der Waals surface area contributed by atoms with E-state index in [2.05, 4.69) is 0 Å². The molecule has 0 spiro atoms. The fourth-order valence-electron chi connectivity index (χ4n) is 2.23. The number of nitrogens with two attached hydrogens (primary N) is 1. The topological polar surface area (TPSA) is 60.2 Å². The molecule has 2 N–H and O–H groups in total. The normalized spacial score (nSPS) is 29.4. The van der Waals surface area contributed by atoms with Crippen LogP contribution in [0.3, 0.4) is 0 Å². The molecule has 1 saturated carbocycles. The lowest BCUT2D eigenvalue weighted by atomic mass is 9.89. The molecule has 0 heterocycles. The largest absolute Gasteiger partial charge is 0.330 e. The van der Waals surface area contributed by atoms with E-state index in [0.717, 1.165) is 25.7 Å². The Hall–Kier alpha value is -0.0900. The Balaban J connectivity index is 2.83. The average molecular weight is 219 g/mol. The lowest BCUT2D eigenvalue weighted by molar-refractivity contribution is 0.362. The van der Waals surface area contributed by atoms with Crippen LogP contribution in [0.4, 0.5) is 0 Å². The van der Waals surface area contributed by atoms with Gasteiger partial charge in [-0.3, -0.25) is 0 Å². The Morgan fingerprint density at radius 3 is 2.36 bits per heavy atom. The van der Waals surface area contributed by atoms with E-state index in [1.165, 1.54) is 0 Å². The first kappa shape index (κ1) is 12.0. The maximum atomic E-state index is 12.0. The molecular formula is C10H21NO2S. The van der Waals surface area contributed by atoms with Crippen molar-refractivity contribution in [2.24, 2.45) is 11.7 Å². The molecule has 1 fully saturated rings. The number of sulfone groups is 1. The van der Waals surface area contributed by atoms with Crippen LogP contribution in [0.15, 0.2) is 0 Å². The van der Waals surface area contributed by atoms with E-state index in [0.29, 0.717) is 6.54 Å². The summed E-state index contributed by atoms with van der Waals surface area (Å²) in [6.45, 7) is 4.03. The van der Waals surface area contributed by atoms with Crippen LogP contribution in [0.2, 0.25) is 0 Å². The molecule has 14 heavy (non-hydrogen) atoms. The van der Waals surface area contributed by atoms with E-state index < -0.39 is 9.84 Å². The van der Waals surface area contributed by atoms with Gasteiger partial charge in [-0.05, 0) is 39.2 Å². The third-order valence-corrected chi connectivity index (χ3v) is 6.00. The van der Waals surface area contributed by atoms with Crippen LogP contribution in [-0.2, 0) is 9.84 Å². The molecule has 1 aliphatic rings. The highest BCUT2D eigenvalue weighted by Gasteiger charge is 2.36. The summed E-state index contributed by atoms with van der Waals surface area (Å²) in [5.74, 6) is 0.191. The highest BCUT2D eigenvalue weighted by atomic mass is 32.2. The van der Waals surface area contributed by atoms with Crippen molar-refractivity contribution in [3.8, 4) is 0 Å². The zero-order valence-electron chi connectivity index (χ0n) is 9.07. The molecule has 84 valence electrons. The lowest BCUT2D eigenvalue weighted by Gasteiger charge is -2.31. The third kappa shape index (κ3) is 2.28. The summed E-state index contributed by atoms with van der Waals surface area (Å²) in [6.07, 6.45) is 3.95. The van der Waals surface area contributed by atoms with Gasteiger partial charge in [-0.1, -0.05) is 12.8 Å². The Labute approximate surface area is 87.0 Å². The molecule has 0 aliphatic heterocycles. The molecule has 0 amide bonds. The molecule has 2 unspecified atom stereocenters. The molecule has 0 saturated heterocycles. The van der Waals surface area contributed by atoms with Crippen LogP contribution >= 0.6 is 0 Å². The molecule has 0 radical (unpaired) electrons. The molecule has 0 aromatic carbocycles. The van der Waals surface area contributed by atoms with Crippen LogP contribution in [0, 0.1) is 5.92 Å². The van der Waals surface area contributed by atoms with Gasteiger partial charge in [0.15, 0.2) is 9.84 Å². The second-order valence-corrected chi connectivity index (χ2v) is 7.18. The van der Waals surface area contributed by atoms with Gasteiger partial charge >= 0.3 is 0 Å². The van der Waals surface area contributed by atoms with E-state index in [9.17, 15) is 8.42 Å². The SMILES string of the molecule is CC(C)S(=O)(=O)C1CCCCC1CN. The summed E-state index contributed by atoms with van der Waals surface area (Å²) in [5.41, 5.74) is 5.63. The van der Waals surface area contributed by atoms with E-state index in [1.807, 2.05) is 0 Å². The van der Waals surface area contributed by atoms with Crippen LogP contribution < -0.4 is 5.73 Å². The lowest BCUT2D eigenvalue weighted by Crippen LogP contribution is -2.40. The van der Waals surface area contributed by atoms with Crippen LogP contribution in [0.5, 0.6) is 0 Å². The van der Waals surface area contributed by atoms with Gasteiger partial charge in [0.2, 0.25) is 0 Å². The minimum Gasteiger partial charge on any atom is -0.330 e. The zero-order chi connectivity index (χ0) is 10.8. The molecule has 3 nitrogen and oxygen atoms in total. The van der Waals surface area contributed by atoms with Crippen molar-refractivity contribution in [3.63, 3.8) is 0 Å². The third-order valence-electron chi connectivity index (χ3n) is 3.22. The Kier molecular flexibility index (Phi) is 3.95. The molecule has 0 aromatic rings. The maximum absolute atomic E-state index is 12.0. The predicted molar refractivity (Wildman–Crippen MR) is 58.9 cm³/mol. The van der Waals surface area contributed by atoms with Crippen LogP contribution in [0.25, 0.3) is 0 Å². The standard InChI is InChI=1S/C10H21NO2S/c1-8(2)14(12,13)10-6-4-3-5-9(10)7-11/h8-10H,3-7,11H2,1-2H3. The monoisotopic (exact) mass is 219 g/mol. The molecular weight excluding hydrogens is 198 g/mol. The van der Waals surface area contributed by atoms with Crippen molar-refractivity contribution in [1.82, 2.24) is 0 Å². The number of hydrogen-bond acceptors (Lipinski definition) is 3. The van der Waals surface area contributed by atoms with Gasteiger partial charge in [-0.2, -0.15) is 0 Å². The molecule has 4 heteroatoms. The van der Waals surface area contributed by atoms with Crippen LogP contribution in [-0.4, -0.2) is 25.5 Å². The van der Waals surface area contributed by atoms with Gasteiger partial charge in [-0.25, -0.2) is 8.42 Å². The van der Waals surface area contributed by atoms with Crippen molar-refractivity contribution >= 4 is 9.84 Å². The Morgan fingerprint density at radius 2 is 1.86 bits per heavy atom. The Morgan fingerprint density at radius 1 is 1.29 bits per heavy atom. The van der Waals surface area contributed by atoms with Crippen molar-refractivity contribution in [1.29, 1.82) is 0 Å². The van der Waals surface area contributed by atoms with Crippen molar-refractivity contribution in [3.05, 3.63) is 0 Å². The fourth-order valence-corrected chi connectivity index (χ4v) is 4.20. The summed E-state index contributed by atoms with van der Waals surface area (Å²) in [5, 5.41) is -0.444. The highest BCUT2D eigenvalue weighted by Crippen LogP contribution is 2.30. The summed E-state index contributed by atoms with van der Waals surface area (Å²) < 4.78 is 24.0. The first-order valence-electron chi connectivity index (χ1n) is 5.43. The van der Waals surface area contributed by atoms with Gasteiger partial charge in [0, 0.05) is 0 Å². The number of hydrogen-bond donors (Lipinski definition) is 1. The van der Waals surface area contributed by atoms with Gasteiger partial charge < -0.3 is 5.73 Å². The van der Waals surface area contributed by atoms with E-state index >= 15 is 0 Å². The predicted octanol–water partition coefficient (Wildman–Crippen LogP) is 1.33. The average Bonchev–Trinajstić information content (AvgIpc) is 2.17. The van der Waals surface area contributed by atoms with E-state index in [-0.39, 0.29) is 16.4 Å². The van der Waals surface area contributed by atoms with Gasteiger partial charge in [0.05, 0.1) is 10.5 Å². The maximum Gasteiger partial charge on any atom is 0.155 e. The summed E-state index contributed by atoms with van der Waals surface area (Å²) >= 11 is 0. The molecule has 1 aliphatic carbocycles. The van der Waals surface area contributed by atoms with E-state index in [4.69, 9.17) is 5.73 Å². The first-order chi connectivity index (χ1) is 6.50. The van der Waals surface area contributed by atoms with Crippen molar-refractivity contribution in [2.75, 3.05) is 6.54 Å². The highest BCUT2D eigenvalue weighted by molar-refractivity contribution is 7.92. The second kappa shape index (κ2) is 4.62. The van der Waals surface area contributed by atoms with Crippen LogP contribution in [0.1, 0.15) is 39.5 Å². The smallest absolute Gasteiger partial charge is 0.155 e. The summed E-state index contributed by atoms with van der Waals surface area (Å²) in [4.78, 5) is 0. The molecule has 2 atom stereocenters.